The van der Waals surface area contributed by atoms with Crippen molar-refractivity contribution in [3.63, 3.8) is 0 Å². The summed E-state index contributed by atoms with van der Waals surface area (Å²) in [5, 5.41) is 0.536. The Kier molecular flexibility index (Phi) is 3.20. The van der Waals surface area contributed by atoms with E-state index >= 15 is 0 Å². The molecule has 0 fully saturated rings. The molecule has 6 heteroatoms. The molecule has 0 aliphatic heterocycles. The normalized spacial score (nSPS) is 18.9. The van der Waals surface area contributed by atoms with Crippen LogP contribution in [0.15, 0.2) is 24.3 Å². The number of thiazole rings is 1. The van der Waals surface area contributed by atoms with E-state index in [0.29, 0.717) is 5.13 Å². The van der Waals surface area contributed by atoms with Crippen molar-refractivity contribution in [2.75, 3.05) is 5.73 Å². The van der Waals surface area contributed by atoms with Gasteiger partial charge in [-0.15, -0.1) is 11.3 Å². The van der Waals surface area contributed by atoms with Crippen LogP contribution < -0.4 is 5.73 Å². The molecule has 0 radical (unpaired) electrons. The minimum Gasteiger partial charge on any atom is -0.375 e. The Morgan fingerprint density at radius 2 is 1.90 bits per heavy atom. The quantitative estimate of drug-likeness (QED) is 0.856. The average Bonchev–Trinajstić information content (AvgIpc) is 2.78. The van der Waals surface area contributed by atoms with Crippen molar-refractivity contribution in [2.24, 2.45) is 0 Å². The fourth-order valence-electron chi connectivity index (χ4n) is 2.66. The third-order valence-corrected chi connectivity index (χ3v) is 4.65. The van der Waals surface area contributed by atoms with Gasteiger partial charge in [-0.05, 0) is 37.0 Å². The maximum atomic E-state index is 12.6. The predicted molar refractivity (Wildman–Crippen MR) is 72.8 cm³/mol. The number of anilines is 1. The van der Waals surface area contributed by atoms with E-state index in [-0.39, 0.29) is 5.92 Å². The van der Waals surface area contributed by atoms with Crippen LogP contribution in [-0.4, -0.2) is 4.98 Å². The summed E-state index contributed by atoms with van der Waals surface area (Å²) in [4.78, 5) is 5.41. The van der Waals surface area contributed by atoms with Crippen LogP contribution in [0.3, 0.4) is 0 Å². The second kappa shape index (κ2) is 4.77. The van der Waals surface area contributed by atoms with Crippen LogP contribution in [0.5, 0.6) is 0 Å². The molecule has 2 aromatic rings. The molecule has 0 saturated heterocycles. The number of aromatic nitrogens is 1. The average molecular weight is 298 g/mol. The van der Waals surface area contributed by atoms with Crippen molar-refractivity contribution in [1.29, 1.82) is 0 Å². The minimum atomic E-state index is -4.29. The summed E-state index contributed by atoms with van der Waals surface area (Å²) >= 11 is 1.45. The Hall–Kier alpha value is -1.56. The lowest BCUT2D eigenvalue weighted by atomic mass is 9.86. The van der Waals surface area contributed by atoms with Crippen molar-refractivity contribution >= 4 is 16.5 Å². The zero-order valence-corrected chi connectivity index (χ0v) is 11.4. The second-order valence-corrected chi connectivity index (χ2v) is 5.99. The highest BCUT2D eigenvalue weighted by Gasteiger charge is 2.31. The van der Waals surface area contributed by atoms with Gasteiger partial charge in [-0.1, -0.05) is 12.1 Å². The molecule has 0 spiro atoms. The molecule has 1 aromatic carbocycles. The SMILES string of the molecule is Nc1nc2c(s1)C(c1ccc(C(F)(F)F)cc1)CCC2. The van der Waals surface area contributed by atoms with E-state index in [2.05, 4.69) is 4.98 Å². The number of hydrogen-bond donors (Lipinski definition) is 1. The summed E-state index contributed by atoms with van der Waals surface area (Å²) in [6.45, 7) is 0. The summed E-state index contributed by atoms with van der Waals surface area (Å²) in [6.07, 6.45) is -1.47. The molecule has 1 heterocycles. The lowest BCUT2D eigenvalue weighted by molar-refractivity contribution is -0.137. The number of nitrogens with zero attached hydrogens (tertiary/aromatic N) is 1. The maximum Gasteiger partial charge on any atom is 0.416 e. The van der Waals surface area contributed by atoms with E-state index in [1.54, 1.807) is 12.1 Å². The van der Waals surface area contributed by atoms with Crippen LogP contribution in [0.25, 0.3) is 0 Å². The fraction of sp³-hybridized carbons (Fsp3) is 0.357. The summed E-state index contributed by atoms with van der Waals surface area (Å²) in [6, 6.07) is 5.43. The first kappa shape index (κ1) is 13.4. The third kappa shape index (κ3) is 2.40. The van der Waals surface area contributed by atoms with Gasteiger partial charge < -0.3 is 5.73 Å². The van der Waals surface area contributed by atoms with E-state index < -0.39 is 11.7 Å². The van der Waals surface area contributed by atoms with Crippen molar-refractivity contribution in [2.45, 2.75) is 31.4 Å². The number of aryl methyl sites for hydroxylation is 1. The van der Waals surface area contributed by atoms with Gasteiger partial charge in [-0.25, -0.2) is 4.98 Å². The zero-order valence-electron chi connectivity index (χ0n) is 10.6. The Morgan fingerprint density at radius 3 is 2.55 bits per heavy atom. The van der Waals surface area contributed by atoms with Gasteiger partial charge in [-0.2, -0.15) is 13.2 Å². The molecule has 20 heavy (non-hydrogen) atoms. The van der Waals surface area contributed by atoms with E-state index in [9.17, 15) is 13.2 Å². The lowest BCUT2D eigenvalue weighted by Crippen LogP contribution is -2.10. The Labute approximate surface area is 118 Å². The van der Waals surface area contributed by atoms with E-state index in [1.807, 2.05) is 0 Å². The molecule has 3 rings (SSSR count). The van der Waals surface area contributed by atoms with Crippen LogP contribution >= 0.6 is 11.3 Å². The van der Waals surface area contributed by atoms with E-state index in [0.717, 1.165) is 47.5 Å². The number of fused-ring (bicyclic) bond motifs is 1. The number of alkyl halides is 3. The molecule has 106 valence electrons. The zero-order chi connectivity index (χ0) is 14.3. The van der Waals surface area contributed by atoms with Crippen molar-refractivity contribution in [1.82, 2.24) is 4.98 Å². The number of nitrogen functional groups attached to an aromatic ring is 1. The topological polar surface area (TPSA) is 38.9 Å². The second-order valence-electron chi connectivity index (χ2n) is 4.93. The smallest absolute Gasteiger partial charge is 0.375 e. The summed E-state index contributed by atoms with van der Waals surface area (Å²) < 4.78 is 37.7. The van der Waals surface area contributed by atoms with Gasteiger partial charge in [0.25, 0.3) is 0 Å². The molecule has 1 aliphatic rings. The Balaban J connectivity index is 1.94. The van der Waals surface area contributed by atoms with Gasteiger partial charge in [0.15, 0.2) is 5.13 Å². The standard InChI is InChI=1S/C14H13F3N2S/c15-14(16,17)9-6-4-8(5-7-9)10-2-1-3-11-12(10)20-13(18)19-11/h4-7,10H,1-3H2,(H2,18,19). The van der Waals surface area contributed by atoms with Crippen LogP contribution in [0, 0.1) is 0 Å². The summed E-state index contributed by atoms with van der Waals surface area (Å²) in [5.41, 5.74) is 7.04. The first-order valence-corrected chi connectivity index (χ1v) is 7.19. The Bertz CT molecular complexity index is 616. The first-order chi connectivity index (χ1) is 9.45. The first-order valence-electron chi connectivity index (χ1n) is 6.37. The van der Waals surface area contributed by atoms with Crippen LogP contribution in [0.2, 0.25) is 0 Å². The number of nitrogens with two attached hydrogens (primary N) is 1. The molecular formula is C14H13F3N2S. The van der Waals surface area contributed by atoms with Crippen molar-refractivity contribution in [3.05, 3.63) is 46.0 Å². The highest BCUT2D eigenvalue weighted by molar-refractivity contribution is 7.15. The predicted octanol–water partition coefficient (Wildman–Crippen LogP) is 4.21. The van der Waals surface area contributed by atoms with Gasteiger partial charge >= 0.3 is 6.18 Å². The van der Waals surface area contributed by atoms with E-state index in [4.69, 9.17) is 5.73 Å². The summed E-state index contributed by atoms with van der Waals surface area (Å²) in [7, 11) is 0. The van der Waals surface area contributed by atoms with E-state index in [1.165, 1.54) is 11.3 Å². The van der Waals surface area contributed by atoms with Gasteiger partial charge in [-0.3, -0.25) is 0 Å². The minimum absolute atomic E-state index is 0.121. The monoisotopic (exact) mass is 298 g/mol. The van der Waals surface area contributed by atoms with Gasteiger partial charge in [0.05, 0.1) is 11.3 Å². The molecular weight excluding hydrogens is 285 g/mol. The fourth-order valence-corrected chi connectivity index (χ4v) is 3.70. The molecule has 1 aromatic heterocycles. The number of rotatable bonds is 1. The Morgan fingerprint density at radius 1 is 1.20 bits per heavy atom. The molecule has 0 saturated carbocycles. The highest BCUT2D eigenvalue weighted by atomic mass is 32.1. The molecule has 1 aliphatic carbocycles. The van der Waals surface area contributed by atoms with Crippen LogP contribution in [0.1, 0.15) is 40.5 Å². The number of benzene rings is 1. The van der Waals surface area contributed by atoms with Crippen molar-refractivity contribution < 1.29 is 13.2 Å². The van der Waals surface area contributed by atoms with Gasteiger partial charge in [0.1, 0.15) is 0 Å². The molecule has 1 unspecified atom stereocenters. The number of halogens is 3. The molecule has 1 atom stereocenters. The maximum absolute atomic E-state index is 12.6. The van der Waals surface area contributed by atoms with Gasteiger partial charge in [0.2, 0.25) is 0 Å². The highest BCUT2D eigenvalue weighted by Crippen LogP contribution is 2.41. The molecule has 2 N–H and O–H groups in total. The molecule has 0 bridgehead atoms. The van der Waals surface area contributed by atoms with Crippen LogP contribution in [0.4, 0.5) is 18.3 Å². The lowest BCUT2D eigenvalue weighted by Gasteiger charge is -2.22. The number of hydrogen-bond acceptors (Lipinski definition) is 3. The summed E-state index contributed by atoms with van der Waals surface area (Å²) in [5.74, 6) is 0.121. The van der Waals surface area contributed by atoms with Gasteiger partial charge in [0, 0.05) is 10.8 Å². The molecule has 0 amide bonds. The van der Waals surface area contributed by atoms with Crippen molar-refractivity contribution in [3.8, 4) is 0 Å². The molecule has 2 nitrogen and oxygen atoms in total. The third-order valence-electron chi connectivity index (χ3n) is 3.61. The largest absolute Gasteiger partial charge is 0.416 e. The van der Waals surface area contributed by atoms with Crippen LogP contribution in [-0.2, 0) is 12.6 Å².